The molecule has 0 spiro atoms. The van der Waals surface area contributed by atoms with Crippen molar-refractivity contribution in [2.24, 2.45) is 0 Å². The van der Waals surface area contributed by atoms with Crippen LogP contribution in [0, 0.1) is 6.92 Å². The molecule has 0 fully saturated rings. The summed E-state index contributed by atoms with van der Waals surface area (Å²) >= 11 is 0. The molecule has 4 heteroatoms. The molecule has 0 amide bonds. The Kier molecular flexibility index (Phi) is 1.09. The molecule has 0 atom stereocenters. The molecule has 1 N–H and O–H groups in total. The van der Waals surface area contributed by atoms with Crippen LogP contribution in [-0.4, -0.2) is 19.5 Å². The van der Waals surface area contributed by atoms with Crippen LogP contribution >= 0.6 is 0 Å². The Morgan fingerprint density at radius 1 is 1.55 bits per heavy atom. The van der Waals surface area contributed by atoms with E-state index in [0.29, 0.717) is 5.69 Å². The third-order valence-electron chi connectivity index (χ3n) is 1.56. The van der Waals surface area contributed by atoms with Gasteiger partial charge in [-0.25, -0.2) is 9.97 Å². The summed E-state index contributed by atoms with van der Waals surface area (Å²) in [5, 5.41) is 9.22. The van der Waals surface area contributed by atoms with Gasteiger partial charge in [-0.15, -0.1) is 0 Å². The van der Waals surface area contributed by atoms with E-state index in [1.165, 1.54) is 0 Å². The first-order chi connectivity index (χ1) is 5.27. The van der Waals surface area contributed by atoms with E-state index in [1.807, 2.05) is 0 Å². The Morgan fingerprint density at radius 3 is 3.18 bits per heavy atom. The van der Waals surface area contributed by atoms with Crippen molar-refractivity contribution < 1.29 is 5.11 Å². The second kappa shape index (κ2) is 1.95. The van der Waals surface area contributed by atoms with Crippen molar-refractivity contribution in [3.8, 4) is 5.75 Å². The second-order valence-electron chi connectivity index (χ2n) is 2.37. The molecule has 2 rings (SSSR count). The average molecular weight is 149 g/mol. The van der Waals surface area contributed by atoms with E-state index in [4.69, 9.17) is 0 Å². The van der Waals surface area contributed by atoms with Crippen molar-refractivity contribution in [2.45, 2.75) is 6.92 Å². The highest BCUT2D eigenvalue weighted by Gasteiger charge is 1.99. The maximum atomic E-state index is 9.22. The zero-order chi connectivity index (χ0) is 7.84. The van der Waals surface area contributed by atoms with Crippen molar-refractivity contribution in [3.05, 3.63) is 24.4 Å². The van der Waals surface area contributed by atoms with E-state index in [-0.39, 0.29) is 5.75 Å². The van der Waals surface area contributed by atoms with Crippen LogP contribution in [0.15, 0.2) is 18.7 Å². The van der Waals surface area contributed by atoms with Gasteiger partial charge in [0.05, 0.1) is 18.1 Å². The summed E-state index contributed by atoms with van der Waals surface area (Å²) in [4.78, 5) is 7.96. The summed E-state index contributed by atoms with van der Waals surface area (Å²) in [6, 6.07) is 0. The summed E-state index contributed by atoms with van der Waals surface area (Å²) in [5.74, 6) is 0.190. The lowest BCUT2D eigenvalue weighted by Gasteiger charge is -1.97. The minimum atomic E-state index is 0.190. The summed E-state index contributed by atoms with van der Waals surface area (Å²) in [5.41, 5.74) is 1.37. The highest BCUT2D eigenvalue weighted by molar-refractivity contribution is 5.39. The lowest BCUT2D eigenvalue weighted by molar-refractivity contribution is 0.464. The second-order valence-corrected chi connectivity index (χ2v) is 2.37. The van der Waals surface area contributed by atoms with Crippen LogP contribution in [0.2, 0.25) is 0 Å². The van der Waals surface area contributed by atoms with E-state index >= 15 is 0 Å². The van der Waals surface area contributed by atoms with E-state index in [0.717, 1.165) is 5.65 Å². The molecule has 0 saturated carbocycles. The number of nitrogens with zero attached hydrogens (tertiary/aromatic N) is 3. The SMILES string of the molecule is Cc1nc2cncn2cc1O. The minimum Gasteiger partial charge on any atom is -0.505 e. The molecular formula is C7H7N3O. The molecule has 2 heterocycles. The number of rotatable bonds is 0. The number of aromatic nitrogens is 3. The van der Waals surface area contributed by atoms with Gasteiger partial charge in [-0.05, 0) is 6.92 Å². The number of fused-ring (bicyclic) bond motifs is 1. The van der Waals surface area contributed by atoms with E-state index in [9.17, 15) is 5.11 Å². The maximum Gasteiger partial charge on any atom is 0.156 e. The van der Waals surface area contributed by atoms with E-state index < -0.39 is 0 Å². The van der Waals surface area contributed by atoms with Gasteiger partial charge in [-0.1, -0.05) is 0 Å². The van der Waals surface area contributed by atoms with Gasteiger partial charge in [-0.3, -0.25) is 4.40 Å². The van der Waals surface area contributed by atoms with Gasteiger partial charge in [0.15, 0.2) is 11.4 Å². The van der Waals surface area contributed by atoms with E-state index in [1.54, 1.807) is 30.0 Å². The number of hydrogen-bond acceptors (Lipinski definition) is 3. The van der Waals surface area contributed by atoms with Gasteiger partial charge in [0.1, 0.15) is 6.33 Å². The van der Waals surface area contributed by atoms with E-state index in [2.05, 4.69) is 9.97 Å². The molecule has 0 saturated heterocycles. The molecule has 0 radical (unpaired) electrons. The monoisotopic (exact) mass is 149 g/mol. The predicted molar refractivity (Wildman–Crippen MR) is 39.4 cm³/mol. The standard InChI is InChI=1S/C7H7N3O/c1-5-6(11)3-10-4-8-2-7(10)9-5/h2-4,11H,1H3. The van der Waals surface area contributed by atoms with Gasteiger partial charge >= 0.3 is 0 Å². The highest BCUT2D eigenvalue weighted by atomic mass is 16.3. The van der Waals surface area contributed by atoms with Crippen molar-refractivity contribution in [3.63, 3.8) is 0 Å². The van der Waals surface area contributed by atoms with Crippen LogP contribution in [0.1, 0.15) is 5.69 Å². The van der Waals surface area contributed by atoms with Gasteiger partial charge in [-0.2, -0.15) is 0 Å². The first-order valence-corrected chi connectivity index (χ1v) is 3.25. The fourth-order valence-electron chi connectivity index (χ4n) is 0.938. The quantitative estimate of drug-likeness (QED) is 0.601. The third kappa shape index (κ3) is 0.832. The Morgan fingerprint density at radius 2 is 2.36 bits per heavy atom. The summed E-state index contributed by atoms with van der Waals surface area (Å²) in [7, 11) is 0. The van der Waals surface area contributed by atoms with Crippen LogP contribution in [0.5, 0.6) is 5.75 Å². The van der Waals surface area contributed by atoms with Crippen LogP contribution in [0.3, 0.4) is 0 Å². The Labute approximate surface area is 63.1 Å². The summed E-state index contributed by atoms with van der Waals surface area (Å²) in [6.07, 6.45) is 4.83. The maximum absolute atomic E-state index is 9.22. The van der Waals surface area contributed by atoms with Gasteiger partial charge < -0.3 is 5.11 Å². The molecule has 0 bridgehead atoms. The molecule has 11 heavy (non-hydrogen) atoms. The zero-order valence-electron chi connectivity index (χ0n) is 6.02. The predicted octanol–water partition coefficient (Wildman–Crippen LogP) is 0.743. The molecule has 0 unspecified atom stereocenters. The third-order valence-corrected chi connectivity index (χ3v) is 1.56. The molecule has 0 aliphatic heterocycles. The molecule has 0 aliphatic rings. The normalized spacial score (nSPS) is 10.6. The first kappa shape index (κ1) is 6.15. The van der Waals surface area contributed by atoms with Crippen molar-refractivity contribution in [2.75, 3.05) is 0 Å². The van der Waals surface area contributed by atoms with Crippen molar-refractivity contribution in [1.82, 2.24) is 14.4 Å². The number of hydrogen-bond donors (Lipinski definition) is 1. The molecule has 4 nitrogen and oxygen atoms in total. The zero-order valence-corrected chi connectivity index (χ0v) is 6.02. The molecule has 56 valence electrons. The summed E-state index contributed by atoms with van der Waals surface area (Å²) < 4.78 is 1.67. The topological polar surface area (TPSA) is 50.4 Å². The van der Waals surface area contributed by atoms with Crippen LogP contribution < -0.4 is 0 Å². The fraction of sp³-hybridized carbons (Fsp3) is 0.143. The largest absolute Gasteiger partial charge is 0.505 e. The van der Waals surface area contributed by atoms with Crippen LogP contribution in [0.4, 0.5) is 0 Å². The number of aryl methyl sites for hydroxylation is 1. The fourth-order valence-corrected chi connectivity index (χ4v) is 0.938. The van der Waals surface area contributed by atoms with Crippen molar-refractivity contribution >= 4 is 5.65 Å². The lowest BCUT2D eigenvalue weighted by atomic mass is 10.4. The first-order valence-electron chi connectivity index (χ1n) is 3.25. The Bertz CT molecular complexity index is 357. The van der Waals surface area contributed by atoms with Crippen molar-refractivity contribution in [1.29, 1.82) is 0 Å². The smallest absolute Gasteiger partial charge is 0.156 e. The minimum absolute atomic E-state index is 0.190. The molecule has 2 aromatic rings. The molecular weight excluding hydrogens is 142 g/mol. The number of aromatic hydroxyl groups is 1. The van der Waals surface area contributed by atoms with Crippen LogP contribution in [-0.2, 0) is 0 Å². The number of imidazole rings is 1. The van der Waals surface area contributed by atoms with Gasteiger partial charge in [0.25, 0.3) is 0 Å². The van der Waals surface area contributed by atoms with Gasteiger partial charge in [0, 0.05) is 0 Å². The average Bonchev–Trinajstić information content (AvgIpc) is 2.36. The molecule has 0 aromatic carbocycles. The lowest BCUT2D eigenvalue weighted by Crippen LogP contribution is -1.88. The van der Waals surface area contributed by atoms with Crippen LogP contribution in [0.25, 0.3) is 5.65 Å². The highest BCUT2D eigenvalue weighted by Crippen LogP contribution is 2.13. The Balaban J connectivity index is 2.86. The summed E-state index contributed by atoms with van der Waals surface area (Å²) in [6.45, 7) is 1.75. The molecule has 0 aliphatic carbocycles. The Hall–Kier alpha value is -1.58. The molecule has 2 aromatic heterocycles. The van der Waals surface area contributed by atoms with Gasteiger partial charge in [0.2, 0.25) is 0 Å².